The summed E-state index contributed by atoms with van der Waals surface area (Å²) in [7, 11) is 2.74. The summed E-state index contributed by atoms with van der Waals surface area (Å²) in [5.74, 6) is -0.189. The Morgan fingerprint density at radius 2 is 2.15 bits per heavy atom. The molecule has 1 N–H and O–H groups in total. The summed E-state index contributed by atoms with van der Waals surface area (Å²) < 4.78 is 15.6. The van der Waals surface area contributed by atoms with Gasteiger partial charge in [0.05, 0.1) is 36.9 Å². The maximum Gasteiger partial charge on any atom is 0.280 e. The quantitative estimate of drug-likeness (QED) is 0.340. The molecule has 1 amide bonds. The first-order valence-corrected chi connectivity index (χ1v) is 7.92. The van der Waals surface area contributed by atoms with Crippen molar-refractivity contribution in [3.8, 4) is 17.6 Å². The number of carbonyl (C=O) groups is 1. The molecule has 1 saturated heterocycles. The normalized spacial score (nSPS) is 16.7. The average molecular weight is 361 g/mol. The highest BCUT2D eigenvalue weighted by Crippen LogP contribution is 2.35. The third-order valence-corrected chi connectivity index (χ3v) is 3.91. The maximum absolute atomic E-state index is 12.2. The maximum atomic E-state index is 12.2. The number of nitrogens with one attached hydrogen (secondary N) is 1. The van der Waals surface area contributed by atoms with Crippen molar-refractivity contribution in [2.24, 2.45) is 0 Å². The van der Waals surface area contributed by atoms with Crippen LogP contribution in [0, 0.1) is 21.4 Å². The van der Waals surface area contributed by atoms with Gasteiger partial charge >= 0.3 is 0 Å². The number of hydrogen-bond donors (Lipinski definition) is 1. The molecule has 1 aromatic rings. The highest BCUT2D eigenvalue weighted by molar-refractivity contribution is 6.02. The number of amides is 1. The van der Waals surface area contributed by atoms with Gasteiger partial charge in [0.15, 0.2) is 11.5 Å². The van der Waals surface area contributed by atoms with E-state index in [9.17, 15) is 20.2 Å². The number of carbonyl (C=O) groups excluding carboxylic acids is 1. The van der Waals surface area contributed by atoms with Crippen LogP contribution >= 0.6 is 0 Å². The highest BCUT2D eigenvalue weighted by Gasteiger charge is 2.21. The minimum atomic E-state index is -0.618. The van der Waals surface area contributed by atoms with Crippen LogP contribution in [0.1, 0.15) is 18.4 Å². The SMILES string of the molecule is COc1cc(/C=C(/C#N)C(=O)NC[C@H]2CCCO2)c([N+](=O)[O-])cc1OC. The van der Waals surface area contributed by atoms with Gasteiger partial charge in [-0.3, -0.25) is 14.9 Å². The molecule has 1 atom stereocenters. The molecular weight excluding hydrogens is 342 g/mol. The van der Waals surface area contributed by atoms with E-state index in [4.69, 9.17) is 14.2 Å². The number of nitro groups is 1. The Hall–Kier alpha value is -3.12. The molecule has 9 nitrogen and oxygen atoms in total. The van der Waals surface area contributed by atoms with Gasteiger partial charge in [0.2, 0.25) is 0 Å². The second-order valence-corrected chi connectivity index (χ2v) is 5.54. The number of methoxy groups -OCH3 is 2. The Labute approximate surface area is 150 Å². The molecule has 1 aromatic carbocycles. The molecule has 9 heteroatoms. The topological polar surface area (TPSA) is 124 Å². The lowest BCUT2D eigenvalue weighted by molar-refractivity contribution is -0.385. The Bertz CT molecular complexity index is 762. The molecule has 1 aliphatic rings. The zero-order valence-corrected chi connectivity index (χ0v) is 14.5. The summed E-state index contributed by atoms with van der Waals surface area (Å²) in [5.41, 5.74) is -0.489. The van der Waals surface area contributed by atoms with Crippen LogP contribution in [0.15, 0.2) is 17.7 Å². The molecule has 1 fully saturated rings. The minimum absolute atomic E-state index is 0.0662. The van der Waals surface area contributed by atoms with Gasteiger partial charge in [-0.05, 0) is 25.0 Å². The zero-order chi connectivity index (χ0) is 19.1. The number of ether oxygens (including phenoxy) is 3. The van der Waals surface area contributed by atoms with Gasteiger partial charge in [0, 0.05) is 13.2 Å². The highest BCUT2D eigenvalue weighted by atomic mass is 16.6. The van der Waals surface area contributed by atoms with Gasteiger partial charge in [-0.1, -0.05) is 0 Å². The van der Waals surface area contributed by atoms with Gasteiger partial charge < -0.3 is 19.5 Å². The van der Waals surface area contributed by atoms with Gasteiger partial charge in [-0.25, -0.2) is 0 Å². The first-order chi connectivity index (χ1) is 12.5. The minimum Gasteiger partial charge on any atom is -0.493 e. The summed E-state index contributed by atoms with van der Waals surface area (Å²) in [5, 5.41) is 23.2. The van der Waals surface area contributed by atoms with E-state index >= 15 is 0 Å². The van der Waals surface area contributed by atoms with Crippen molar-refractivity contribution >= 4 is 17.7 Å². The van der Waals surface area contributed by atoms with Crippen molar-refractivity contribution in [2.45, 2.75) is 18.9 Å². The third kappa shape index (κ3) is 4.49. The number of rotatable bonds is 7. The fourth-order valence-corrected chi connectivity index (χ4v) is 2.57. The van der Waals surface area contributed by atoms with Crippen molar-refractivity contribution in [3.05, 3.63) is 33.4 Å². The molecule has 0 spiro atoms. The van der Waals surface area contributed by atoms with E-state index in [1.54, 1.807) is 6.07 Å². The molecule has 0 radical (unpaired) electrons. The third-order valence-electron chi connectivity index (χ3n) is 3.91. The summed E-state index contributed by atoms with van der Waals surface area (Å²) >= 11 is 0. The van der Waals surface area contributed by atoms with E-state index in [-0.39, 0.29) is 41.0 Å². The van der Waals surface area contributed by atoms with E-state index in [1.807, 2.05) is 0 Å². The molecule has 26 heavy (non-hydrogen) atoms. The summed E-state index contributed by atoms with van der Waals surface area (Å²) in [6.45, 7) is 0.936. The first-order valence-electron chi connectivity index (χ1n) is 7.92. The smallest absolute Gasteiger partial charge is 0.280 e. The van der Waals surface area contributed by atoms with Crippen LogP contribution in [0.2, 0.25) is 0 Å². The molecule has 0 saturated carbocycles. The Kier molecular flexibility index (Phi) is 6.52. The van der Waals surface area contributed by atoms with Crippen molar-refractivity contribution in [1.82, 2.24) is 5.32 Å². The molecule has 1 heterocycles. The predicted molar refractivity (Wildman–Crippen MR) is 91.8 cm³/mol. The van der Waals surface area contributed by atoms with E-state index in [1.165, 1.54) is 26.4 Å². The van der Waals surface area contributed by atoms with Gasteiger partial charge in [0.25, 0.3) is 11.6 Å². The van der Waals surface area contributed by atoms with Gasteiger partial charge in [-0.15, -0.1) is 0 Å². The van der Waals surface area contributed by atoms with Crippen LogP contribution < -0.4 is 14.8 Å². The largest absolute Gasteiger partial charge is 0.493 e. The fraction of sp³-hybridized carbons (Fsp3) is 0.412. The fourth-order valence-electron chi connectivity index (χ4n) is 2.57. The van der Waals surface area contributed by atoms with Crippen LogP contribution in [0.3, 0.4) is 0 Å². The second-order valence-electron chi connectivity index (χ2n) is 5.54. The molecule has 0 bridgehead atoms. The van der Waals surface area contributed by atoms with Gasteiger partial charge in [-0.2, -0.15) is 5.26 Å². The van der Waals surface area contributed by atoms with E-state index in [0.29, 0.717) is 6.61 Å². The monoisotopic (exact) mass is 361 g/mol. The van der Waals surface area contributed by atoms with Crippen molar-refractivity contribution in [2.75, 3.05) is 27.4 Å². The molecular formula is C17H19N3O6. The molecule has 0 aliphatic carbocycles. The summed E-state index contributed by atoms with van der Waals surface area (Å²) in [6, 6.07) is 4.30. The van der Waals surface area contributed by atoms with Crippen LogP contribution in [0.4, 0.5) is 5.69 Å². The average Bonchev–Trinajstić information content (AvgIpc) is 3.16. The zero-order valence-electron chi connectivity index (χ0n) is 14.5. The van der Waals surface area contributed by atoms with Gasteiger partial charge in [0.1, 0.15) is 11.6 Å². The second kappa shape index (κ2) is 8.82. The first kappa shape index (κ1) is 19.2. The Balaban J connectivity index is 2.29. The molecule has 138 valence electrons. The molecule has 1 aliphatic heterocycles. The van der Waals surface area contributed by atoms with Crippen molar-refractivity contribution < 1.29 is 23.9 Å². The number of nitro benzene ring substituents is 1. The van der Waals surface area contributed by atoms with Crippen LogP contribution in [0.5, 0.6) is 11.5 Å². The summed E-state index contributed by atoms with van der Waals surface area (Å²) in [4.78, 5) is 22.9. The lowest BCUT2D eigenvalue weighted by atomic mass is 10.1. The number of nitriles is 1. The van der Waals surface area contributed by atoms with E-state index < -0.39 is 10.8 Å². The number of benzene rings is 1. The van der Waals surface area contributed by atoms with Crippen LogP contribution in [-0.4, -0.2) is 44.3 Å². The molecule has 0 aromatic heterocycles. The van der Waals surface area contributed by atoms with Crippen LogP contribution in [-0.2, 0) is 9.53 Å². The Morgan fingerprint density at radius 1 is 1.46 bits per heavy atom. The van der Waals surface area contributed by atoms with Crippen molar-refractivity contribution in [1.29, 1.82) is 5.26 Å². The predicted octanol–water partition coefficient (Wildman–Crippen LogP) is 1.81. The van der Waals surface area contributed by atoms with E-state index in [2.05, 4.69) is 5.32 Å². The lowest BCUT2D eigenvalue weighted by Gasteiger charge is -2.11. The Morgan fingerprint density at radius 3 is 2.69 bits per heavy atom. The number of nitrogens with zero attached hydrogens (tertiary/aromatic N) is 2. The lowest BCUT2D eigenvalue weighted by Crippen LogP contribution is -2.32. The molecule has 2 rings (SSSR count). The number of hydrogen-bond acceptors (Lipinski definition) is 7. The van der Waals surface area contributed by atoms with E-state index in [0.717, 1.165) is 18.9 Å². The van der Waals surface area contributed by atoms with Crippen molar-refractivity contribution in [3.63, 3.8) is 0 Å². The van der Waals surface area contributed by atoms with Crippen LogP contribution in [0.25, 0.3) is 6.08 Å². The standard InChI is InChI=1S/C17H19N3O6/c1-24-15-7-11(14(20(22)23)8-16(15)25-2)6-12(9-18)17(21)19-10-13-4-3-5-26-13/h6-8,13H,3-5,10H2,1-2H3,(H,19,21)/b12-6-/t13-/m1/s1. The molecule has 0 unspecified atom stereocenters. The summed E-state index contributed by atoms with van der Waals surface area (Å²) in [6.07, 6.45) is 2.85.